The molecule has 0 aliphatic heterocycles. The predicted molar refractivity (Wildman–Crippen MR) is 121 cm³/mol. The van der Waals surface area contributed by atoms with Crippen LogP contribution in [0.25, 0.3) is 0 Å². The van der Waals surface area contributed by atoms with E-state index < -0.39 is 0 Å². The van der Waals surface area contributed by atoms with Gasteiger partial charge in [0.1, 0.15) is 0 Å². The third-order valence-corrected chi connectivity index (χ3v) is 5.65. The van der Waals surface area contributed by atoms with E-state index in [-0.39, 0.29) is 16.2 Å². The topological polar surface area (TPSA) is 0 Å². The Morgan fingerprint density at radius 1 is 0.630 bits per heavy atom. The lowest BCUT2D eigenvalue weighted by Crippen LogP contribution is -2.18. The number of benzene rings is 2. The van der Waals surface area contributed by atoms with E-state index in [1.54, 1.807) is 0 Å². The van der Waals surface area contributed by atoms with Gasteiger partial charge < -0.3 is 0 Å². The maximum absolute atomic E-state index is 2.46. The molecular weight excluding hydrogens is 324 g/mol. The van der Waals surface area contributed by atoms with E-state index in [0.29, 0.717) is 5.92 Å². The molecule has 0 nitrogen and oxygen atoms in total. The van der Waals surface area contributed by atoms with Gasteiger partial charge in [-0.2, -0.15) is 0 Å². The third-order valence-electron chi connectivity index (χ3n) is 5.65. The molecule has 0 aliphatic rings. The highest BCUT2D eigenvalue weighted by molar-refractivity contribution is 5.40. The van der Waals surface area contributed by atoms with E-state index in [1.807, 2.05) is 0 Å². The fraction of sp³-hybridized carbons (Fsp3) is 0.556. The Balaban J connectivity index is 2.36. The molecule has 0 aliphatic carbocycles. The van der Waals surface area contributed by atoms with Gasteiger partial charge in [-0.15, -0.1) is 0 Å². The molecule has 27 heavy (non-hydrogen) atoms. The molecule has 1 unspecified atom stereocenters. The Bertz CT molecular complexity index is 756. The SMILES string of the molecule is CC(Cc1cc(C(C)(C)C)ccc1C(C)(C)C)c1ccc(C(C)(C)C)cc1. The summed E-state index contributed by atoms with van der Waals surface area (Å²) in [5.41, 5.74) is 7.82. The van der Waals surface area contributed by atoms with E-state index in [1.165, 1.54) is 27.8 Å². The van der Waals surface area contributed by atoms with Crippen molar-refractivity contribution in [3.8, 4) is 0 Å². The van der Waals surface area contributed by atoms with Gasteiger partial charge in [0.2, 0.25) is 0 Å². The van der Waals surface area contributed by atoms with Crippen molar-refractivity contribution in [2.45, 2.75) is 97.8 Å². The van der Waals surface area contributed by atoms with Gasteiger partial charge in [-0.1, -0.05) is 112 Å². The molecular formula is C27H40. The lowest BCUT2D eigenvalue weighted by Gasteiger charge is -2.28. The number of hydrogen-bond donors (Lipinski definition) is 0. The quantitative estimate of drug-likeness (QED) is 0.518. The summed E-state index contributed by atoms with van der Waals surface area (Å²) in [5, 5.41) is 0. The first-order chi connectivity index (χ1) is 12.2. The van der Waals surface area contributed by atoms with E-state index in [2.05, 4.69) is 112 Å². The summed E-state index contributed by atoms with van der Waals surface area (Å²) in [4.78, 5) is 0. The van der Waals surface area contributed by atoms with Crippen LogP contribution in [-0.2, 0) is 22.7 Å². The van der Waals surface area contributed by atoms with Crippen LogP contribution in [0.5, 0.6) is 0 Å². The maximum atomic E-state index is 2.46. The summed E-state index contributed by atoms with van der Waals surface area (Å²) in [6.07, 6.45) is 1.09. The van der Waals surface area contributed by atoms with E-state index in [4.69, 9.17) is 0 Å². The van der Waals surface area contributed by atoms with Crippen molar-refractivity contribution in [1.82, 2.24) is 0 Å². The van der Waals surface area contributed by atoms with Gasteiger partial charge in [0.15, 0.2) is 0 Å². The second kappa shape index (κ2) is 7.46. The largest absolute Gasteiger partial charge is 0.0585 e. The van der Waals surface area contributed by atoms with Crippen LogP contribution >= 0.6 is 0 Å². The van der Waals surface area contributed by atoms with Crippen LogP contribution in [0.2, 0.25) is 0 Å². The second-order valence-electron chi connectivity index (χ2n) is 11.3. The van der Waals surface area contributed by atoms with Crippen LogP contribution in [0.3, 0.4) is 0 Å². The van der Waals surface area contributed by atoms with Crippen molar-refractivity contribution in [3.63, 3.8) is 0 Å². The zero-order chi connectivity index (χ0) is 20.6. The summed E-state index contributed by atoms with van der Waals surface area (Å²) in [5.74, 6) is 0.510. The Kier molecular flexibility index (Phi) is 6.00. The predicted octanol–water partition coefficient (Wildman–Crippen LogP) is 7.93. The first-order valence-electron chi connectivity index (χ1n) is 10.4. The summed E-state index contributed by atoms with van der Waals surface area (Å²) < 4.78 is 0. The summed E-state index contributed by atoms with van der Waals surface area (Å²) in [6, 6.07) is 16.4. The van der Waals surface area contributed by atoms with E-state index >= 15 is 0 Å². The fourth-order valence-electron chi connectivity index (χ4n) is 3.72. The molecule has 0 saturated heterocycles. The zero-order valence-electron chi connectivity index (χ0n) is 19.3. The minimum atomic E-state index is 0.168. The molecule has 0 heteroatoms. The second-order valence-corrected chi connectivity index (χ2v) is 11.3. The van der Waals surface area contributed by atoms with Crippen molar-refractivity contribution in [2.75, 3.05) is 0 Å². The Morgan fingerprint density at radius 3 is 1.56 bits per heavy atom. The van der Waals surface area contributed by atoms with Gasteiger partial charge in [-0.3, -0.25) is 0 Å². The summed E-state index contributed by atoms with van der Waals surface area (Å²) in [6.45, 7) is 23.1. The van der Waals surface area contributed by atoms with Gasteiger partial charge in [-0.05, 0) is 56.4 Å². The Labute approximate surface area is 168 Å². The molecule has 1 atom stereocenters. The van der Waals surface area contributed by atoms with Gasteiger partial charge >= 0.3 is 0 Å². The fourth-order valence-corrected chi connectivity index (χ4v) is 3.72. The van der Waals surface area contributed by atoms with Crippen LogP contribution in [-0.4, -0.2) is 0 Å². The molecule has 2 aromatic rings. The highest BCUT2D eigenvalue weighted by Gasteiger charge is 2.23. The molecule has 0 spiro atoms. The molecule has 0 saturated carbocycles. The number of rotatable bonds is 3. The zero-order valence-corrected chi connectivity index (χ0v) is 19.3. The van der Waals surface area contributed by atoms with Crippen molar-refractivity contribution in [3.05, 3.63) is 70.3 Å². The standard InChI is InChI=1S/C27H40/c1-19(20-11-13-22(14-12-20)25(2,3)4)17-21-18-23(26(5,6)7)15-16-24(21)27(8,9)10/h11-16,18-19H,17H2,1-10H3. The lowest BCUT2D eigenvalue weighted by atomic mass is 9.77. The van der Waals surface area contributed by atoms with Gasteiger partial charge in [-0.25, -0.2) is 0 Å². The Hall–Kier alpha value is -1.56. The van der Waals surface area contributed by atoms with Crippen LogP contribution in [0, 0.1) is 0 Å². The first kappa shape index (κ1) is 21.7. The van der Waals surface area contributed by atoms with Crippen molar-refractivity contribution < 1.29 is 0 Å². The van der Waals surface area contributed by atoms with E-state index in [9.17, 15) is 0 Å². The third kappa shape index (κ3) is 5.47. The molecule has 0 heterocycles. The highest BCUT2D eigenvalue weighted by atomic mass is 14.3. The summed E-state index contributed by atoms with van der Waals surface area (Å²) in [7, 11) is 0. The lowest BCUT2D eigenvalue weighted by molar-refractivity contribution is 0.565. The average Bonchev–Trinajstić information content (AvgIpc) is 2.52. The monoisotopic (exact) mass is 364 g/mol. The van der Waals surface area contributed by atoms with Crippen LogP contribution in [0.4, 0.5) is 0 Å². The maximum Gasteiger partial charge on any atom is -0.0129 e. The first-order valence-corrected chi connectivity index (χ1v) is 10.4. The van der Waals surface area contributed by atoms with Crippen LogP contribution < -0.4 is 0 Å². The molecule has 2 rings (SSSR count). The molecule has 0 N–H and O–H groups in total. The van der Waals surface area contributed by atoms with Crippen molar-refractivity contribution >= 4 is 0 Å². The smallest absolute Gasteiger partial charge is 0.0129 e. The summed E-state index contributed by atoms with van der Waals surface area (Å²) >= 11 is 0. The van der Waals surface area contributed by atoms with E-state index in [0.717, 1.165) is 6.42 Å². The van der Waals surface area contributed by atoms with Gasteiger partial charge in [0.05, 0.1) is 0 Å². The van der Waals surface area contributed by atoms with Gasteiger partial charge in [0, 0.05) is 0 Å². The molecule has 0 amide bonds. The van der Waals surface area contributed by atoms with Crippen molar-refractivity contribution in [1.29, 1.82) is 0 Å². The molecule has 2 aromatic carbocycles. The minimum absolute atomic E-state index is 0.168. The number of hydrogen-bond acceptors (Lipinski definition) is 0. The molecule has 0 radical (unpaired) electrons. The highest BCUT2D eigenvalue weighted by Crippen LogP contribution is 2.34. The average molecular weight is 365 g/mol. The molecule has 0 fully saturated rings. The van der Waals surface area contributed by atoms with Crippen LogP contribution in [0.15, 0.2) is 42.5 Å². The molecule has 148 valence electrons. The molecule has 0 bridgehead atoms. The van der Waals surface area contributed by atoms with Crippen molar-refractivity contribution in [2.24, 2.45) is 0 Å². The molecule has 0 aromatic heterocycles. The van der Waals surface area contributed by atoms with Crippen LogP contribution in [0.1, 0.15) is 103 Å². The van der Waals surface area contributed by atoms with Gasteiger partial charge in [0.25, 0.3) is 0 Å². The minimum Gasteiger partial charge on any atom is -0.0585 e. The Morgan fingerprint density at radius 2 is 1.11 bits per heavy atom. The normalized spacial score (nSPS) is 14.3.